The van der Waals surface area contributed by atoms with Crippen LogP contribution in [-0.4, -0.2) is 37.5 Å². The first-order valence-electron chi connectivity index (χ1n) is 5.41. The highest BCUT2D eigenvalue weighted by Gasteiger charge is 2.14. The Bertz CT molecular complexity index is 167. The zero-order chi connectivity index (χ0) is 11.1. The Labute approximate surface area is 87.9 Å². The van der Waals surface area contributed by atoms with Gasteiger partial charge in [0.1, 0.15) is 0 Å². The maximum absolute atomic E-state index is 11.2. The van der Waals surface area contributed by atoms with Gasteiger partial charge in [0, 0.05) is 12.5 Å². The summed E-state index contributed by atoms with van der Waals surface area (Å²) in [7, 11) is 4.11. The Morgan fingerprint density at radius 2 is 1.93 bits per heavy atom. The normalized spacial score (nSPS) is 13.4. The molecule has 0 radical (unpaired) electrons. The molecule has 14 heavy (non-hydrogen) atoms. The minimum Gasteiger partial charge on any atom is -0.353 e. The van der Waals surface area contributed by atoms with Gasteiger partial charge in [-0.1, -0.05) is 20.8 Å². The molecule has 1 N–H and O–H groups in total. The molecule has 1 amide bonds. The highest BCUT2D eigenvalue weighted by molar-refractivity contribution is 5.75. The van der Waals surface area contributed by atoms with Gasteiger partial charge in [-0.15, -0.1) is 0 Å². The molecule has 0 aromatic heterocycles. The zero-order valence-electron chi connectivity index (χ0n) is 10.1. The third kappa shape index (κ3) is 5.97. The maximum atomic E-state index is 11.2. The molecule has 0 spiro atoms. The topological polar surface area (TPSA) is 32.3 Å². The van der Waals surface area contributed by atoms with Crippen LogP contribution in [0.25, 0.3) is 0 Å². The van der Waals surface area contributed by atoms with Crippen molar-refractivity contribution in [2.24, 2.45) is 5.92 Å². The van der Waals surface area contributed by atoms with E-state index in [9.17, 15) is 4.79 Å². The molecular weight excluding hydrogens is 176 g/mol. The molecular formula is C11H24N2O. The smallest absolute Gasteiger partial charge is 0.219 e. The van der Waals surface area contributed by atoms with E-state index in [0.29, 0.717) is 18.4 Å². The maximum Gasteiger partial charge on any atom is 0.219 e. The third-order valence-corrected chi connectivity index (χ3v) is 2.36. The van der Waals surface area contributed by atoms with E-state index < -0.39 is 0 Å². The van der Waals surface area contributed by atoms with Crippen LogP contribution in [0.5, 0.6) is 0 Å². The molecule has 1 unspecified atom stereocenters. The number of hydrogen-bond donors (Lipinski definition) is 1. The monoisotopic (exact) mass is 200 g/mol. The lowest BCUT2D eigenvalue weighted by Crippen LogP contribution is -2.40. The Kier molecular flexibility index (Phi) is 6.54. The average molecular weight is 200 g/mol. The van der Waals surface area contributed by atoms with Crippen LogP contribution in [0.1, 0.15) is 33.6 Å². The summed E-state index contributed by atoms with van der Waals surface area (Å²) >= 11 is 0. The van der Waals surface area contributed by atoms with E-state index in [1.165, 1.54) is 0 Å². The van der Waals surface area contributed by atoms with Crippen LogP contribution in [0, 0.1) is 5.92 Å². The van der Waals surface area contributed by atoms with Gasteiger partial charge in [-0.2, -0.15) is 0 Å². The molecule has 1 atom stereocenters. The zero-order valence-corrected chi connectivity index (χ0v) is 10.1. The van der Waals surface area contributed by atoms with Crippen LogP contribution in [0.3, 0.4) is 0 Å². The van der Waals surface area contributed by atoms with E-state index in [1.54, 1.807) is 0 Å². The SMILES string of the molecule is CCC(=O)NC(CCN(C)C)C(C)C. The van der Waals surface area contributed by atoms with Crippen molar-refractivity contribution in [2.45, 2.75) is 39.7 Å². The molecule has 0 rings (SSSR count). The first kappa shape index (κ1) is 13.4. The van der Waals surface area contributed by atoms with Gasteiger partial charge in [-0.25, -0.2) is 0 Å². The van der Waals surface area contributed by atoms with Crippen molar-refractivity contribution >= 4 is 5.91 Å². The number of rotatable bonds is 6. The van der Waals surface area contributed by atoms with E-state index in [-0.39, 0.29) is 5.91 Å². The average Bonchev–Trinajstić information content (AvgIpc) is 2.10. The Morgan fingerprint density at radius 1 is 1.36 bits per heavy atom. The summed E-state index contributed by atoms with van der Waals surface area (Å²) in [4.78, 5) is 13.4. The van der Waals surface area contributed by atoms with Crippen molar-refractivity contribution in [3.63, 3.8) is 0 Å². The van der Waals surface area contributed by atoms with Gasteiger partial charge < -0.3 is 10.2 Å². The second kappa shape index (κ2) is 6.82. The van der Waals surface area contributed by atoms with Gasteiger partial charge in [-0.3, -0.25) is 4.79 Å². The summed E-state index contributed by atoms with van der Waals surface area (Å²) < 4.78 is 0. The van der Waals surface area contributed by atoms with Crippen molar-refractivity contribution < 1.29 is 4.79 Å². The van der Waals surface area contributed by atoms with Crippen LogP contribution in [0.15, 0.2) is 0 Å². The van der Waals surface area contributed by atoms with Crippen molar-refractivity contribution in [3.05, 3.63) is 0 Å². The second-order valence-electron chi connectivity index (χ2n) is 4.36. The molecule has 0 heterocycles. The minimum atomic E-state index is 0.155. The quantitative estimate of drug-likeness (QED) is 0.704. The van der Waals surface area contributed by atoms with Crippen LogP contribution in [0.4, 0.5) is 0 Å². The van der Waals surface area contributed by atoms with E-state index in [2.05, 4.69) is 38.2 Å². The van der Waals surface area contributed by atoms with Gasteiger partial charge in [0.25, 0.3) is 0 Å². The molecule has 0 bridgehead atoms. The third-order valence-electron chi connectivity index (χ3n) is 2.36. The molecule has 0 aliphatic heterocycles. The molecule has 0 aromatic rings. The molecule has 3 heteroatoms. The predicted molar refractivity (Wildman–Crippen MR) is 60.2 cm³/mol. The molecule has 84 valence electrons. The predicted octanol–water partition coefficient (Wildman–Crippen LogP) is 1.49. The summed E-state index contributed by atoms with van der Waals surface area (Å²) in [6.07, 6.45) is 1.60. The van der Waals surface area contributed by atoms with Crippen LogP contribution in [-0.2, 0) is 4.79 Å². The Balaban J connectivity index is 3.96. The Hall–Kier alpha value is -0.570. The van der Waals surface area contributed by atoms with E-state index in [1.807, 2.05) is 6.92 Å². The number of nitrogens with one attached hydrogen (secondary N) is 1. The highest BCUT2D eigenvalue weighted by atomic mass is 16.1. The van der Waals surface area contributed by atoms with Crippen LogP contribution in [0.2, 0.25) is 0 Å². The van der Waals surface area contributed by atoms with E-state index in [0.717, 1.165) is 13.0 Å². The number of nitrogens with zero attached hydrogens (tertiary/aromatic N) is 1. The van der Waals surface area contributed by atoms with Gasteiger partial charge in [0.15, 0.2) is 0 Å². The molecule has 0 aliphatic rings. The summed E-state index contributed by atoms with van der Waals surface area (Å²) in [6, 6.07) is 0.310. The van der Waals surface area contributed by atoms with Gasteiger partial charge in [0.05, 0.1) is 0 Å². The number of amides is 1. The lowest BCUT2D eigenvalue weighted by atomic mass is 10.0. The molecule has 0 fully saturated rings. The number of carbonyl (C=O) groups is 1. The van der Waals surface area contributed by atoms with Gasteiger partial charge in [-0.05, 0) is 33.0 Å². The van der Waals surface area contributed by atoms with Crippen LogP contribution < -0.4 is 5.32 Å². The number of hydrogen-bond acceptors (Lipinski definition) is 2. The fourth-order valence-electron chi connectivity index (χ4n) is 1.28. The largest absolute Gasteiger partial charge is 0.353 e. The first-order chi connectivity index (χ1) is 6.47. The molecule has 0 saturated heterocycles. The minimum absolute atomic E-state index is 0.155. The summed E-state index contributed by atoms with van der Waals surface area (Å²) in [5.41, 5.74) is 0. The fraction of sp³-hybridized carbons (Fsp3) is 0.909. The first-order valence-corrected chi connectivity index (χ1v) is 5.41. The van der Waals surface area contributed by atoms with Crippen molar-refractivity contribution in [2.75, 3.05) is 20.6 Å². The van der Waals surface area contributed by atoms with Crippen molar-refractivity contribution in [1.29, 1.82) is 0 Å². The molecule has 0 aromatic carbocycles. The second-order valence-corrected chi connectivity index (χ2v) is 4.36. The van der Waals surface area contributed by atoms with Crippen LogP contribution >= 0.6 is 0 Å². The van der Waals surface area contributed by atoms with Crippen molar-refractivity contribution in [1.82, 2.24) is 10.2 Å². The van der Waals surface area contributed by atoms with E-state index >= 15 is 0 Å². The lowest BCUT2D eigenvalue weighted by Gasteiger charge is -2.23. The highest BCUT2D eigenvalue weighted by Crippen LogP contribution is 2.06. The summed E-state index contributed by atoms with van der Waals surface area (Å²) in [5.74, 6) is 0.660. The standard InChI is InChI=1S/C11H24N2O/c1-6-11(14)12-10(9(2)3)7-8-13(4)5/h9-10H,6-8H2,1-5H3,(H,12,14). The summed E-state index contributed by atoms with van der Waals surface area (Å²) in [5, 5.41) is 3.06. The van der Waals surface area contributed by atoms with Crippen molar-refractivity contribution in [3.8, 4) is 0 Å². The molecule has 0 aliphatic carbocycles. The van der Waals surface area contributed by atoms with Gasteiger partial charge >= 0.3 is 0 Å². The lowest BCUT2D eigenvalue weighted by molar-refractivity contribution is -0.121. The molecule has 0 saturated carbocycles. The Morgan fingerprint density at radius 3 is 2.29 bits per heavy atom. The fourth-order valence-corrected chi connectivity index (χ4v) is 1.28. The number of carbonyl (C=O) groups excluding carboxylic acids is 1. The van der Waals surface area contributed by atoms with E-state index in [4.69, 9.17) is 0 Å². The van der Waals surface area contributed by atoms with Gasteiger partial charge in [0.2, 0.25) is 5.91 Å². The summed E-state index contributed by atoms with van der Waals surface area (Å²) in [6.45, 7) is 7.21. The molecule has 3 nitrogen and oxygen atoms in total.